The van der Waals surface area contributed by atoms with Gasteiger partial charge in [-0.25, -0.2) is 17.9 Å². The number of carbonyl (C=O) groups excluding carboxylic acids is 2. The molecule has 0 spiro atoms. The van der Waals surface area contributed by atoms with Crippen LogP contribution >= 0.6 is 0 Å². The first kappa shape index (κ1) is 20.9. The van der Waals surface area contributed by atoms with Crippen molar-refractivity contribution in [3.05, 3.63) is 29.8 Å². The number of nitrogens with zero attached hydrogens (tertiary/aromatic N) is 2. The second kappa shape index (κ2) is 9.48. The predicted molar refractivity (Wildman–Crippen MR) is 97.1 cm³/mol. The molecule has 9 heteroatoms. The second-order valence-corrected chi connectivity index (χ2v) is 8.24. The van der Waals surface area contributed by atoms with Crippen molar-refractivity contribution < 1.29 is 22.7 Å². The van der Waals surface area contributed by atoms with Gasteiger partial charge in [-0.05, 0) is 43.0 Å². The van der Waals surface area contributed by atoms with Crippen molar-refractivity contribution in [2.45, 2.75) is 31.1 Å². The van der Waals surface area contributed by atoms with Crippen molar-refractivity contribution >= 4 is 21.9 Å². The van der Waals surface area contributed by atoms with Crippen molar-refractivity contribution in [2.75, 3.05) is 26.2 Å². The number of rotatable bonds is 7. The van der Waals surface area contributed by atoms with Gasteiger partial charge in [-0.15, -0.1) is 0 Å². The minimum atomic E-state index is -3.73. The molecule has 1 aliphatic rings. The average Bonchev–Trinajstić information content (AvgIpc) is 2.66. The minimum Gasteiger partial charge on any atom is -0.452 e. The zero-order valence-corrected chi connectivity index (χ0v) is 16.0. The number of likely N-dealkylation sites (tertiary alicyclic amines) is 1. The SMILES string of the molecule is CC1CCN(C(=O)COC(=O)c2ccc(S(=O)(=O)NCCC#N)cc2)CC1. The Morgan fingerprint density at radius 3 is 2.48 bits per heavy atom. The van der Waals surface area contributed by atoms with Gasteiger partial charge in [0.2, 0.25) is 10.0 Å². The smallest absolute Gasteiger partial charge is 0.338 e. The van der Waals surface area contributed by atoms with Crippen LogP contribution in [0.25, 0.3) is 0 Å². The fourth-order valence-corrected chi connectivity index (χ4v) is 3.69. The van der Waals surface area contributed by atoms with Gasteiger partial charge in [-0.1, -0.05) is 6.92 Å². The highest BCUT2D eigenvalue weighted by molar-refractivity contribution is 7.89. The number of amides is 1. The summed E-state index contributed by atoms with van der Waals surface area (Å²) in [5.41, 5.74) is 0.158. The Morgan fingerprint density at radius 1 is 1.26 bits per heavy atom. The van der Waals surface area contributed by atoms with E-state index in [-0.39, 0.29) is 35.9 Å². The summed E-state index contributed by atoms with van der Waals surface area (Å²) in [5.74, 6) is -0.313. The van der Waals surface area contributed by atoms with E-state index < -0.39 is 16.0 Å². The van der Waals surface area contributed by atoms with Crippen LogP contribution in [0.2, 0.25) is 0 Å². The predicted octanol–water partition coefficient (Wildman–Crippen LogP) is 1.29. The van der Waals surface area contributed by atoms with Gasteiger partial charge in [-0.3, -0.25) is 4.79 Å². The molecule has 0 bridgehead atoms. The maximum atomic E-state index is 12.1. The number of nitrogens with one attached hydrogen (secondary N) is 1. The van der Waals surface area contributed by atoms with Gasteiger partial charge in [0.05, 0.1) is 16.5 Å². The lowest BCUT2D eigenvalue weighted by atomic mass is 9.99. The van der Waals surface area contributed by atoms with E-state index in [9.17, 15) is 18.0 Å². The monoisotopic (exact) mass is 393 g/mol. The van der Waals surface area contributed by atoms with E-state index in [0.717, 1.165) is 12.8 Å². The Morgan fingerprint density at radius 2 is 1.89 bits per heavy atom. The summed E-state index contributed by atoms with van der Waals surface area (Å²) in [7, 11) is -3.73. The molecule has 2 rings (SSSR count). The minimum absolute atomic E-state index is 0.0139. The molecule has 27 heavy (non-hydrogen) atoms. The van der Waals surface area contributed by atoms with Gasteiger partial charge in [0.25, 0.3) is 5.91 Å². The van der Waals surface area contributed by atoms with Crippen molar-refractivity contribution in [1.29, 1.82) is 5.26 Å². The molecule has 1 heterocycles. The van der Waals surface area contributed by atoms with Crippen molar-refractivity contribution in [3.63, 3.8) is 0 Å². The molecular formula is C18H23N3O5S. The van der Waals surface area contributed by atoms with E-state index in [1.54, 1.807) is 4.90 Å². The number of esters is 1. The summed E-state index contributed by atoms with van der Waals surface area (Å²) in [5, 5.41) is 8.45. The van der Waals surface area contributed by atoms with E-state index in [0.29, 0.717) is 19.0 Å². The van der Waals surface area contributed by atoms with E-state index >= 15 is 0 Å². The van der Waals surface area contributed by atoms with Crippen LogP contribution in [-0.2, 0) is 19.6 Å². The van der Waals surface area contributed by atoms with Crippen LogP contribution in [0.3, 0.4) is 0 Å². The quantitative estimate of drug-likeness (QED) is 0.551. The highest BCUT2D eigenvalue weighted by atomic mass is 32.2. The summed E-state index contributed by atoms with van der Waals surface area (Å²) < 4.78 is 31.4. The normalized spacial score (nSPS) is 15.2. The molecule has 0 aromatic heterocycles. The van der Waals surface area contributed by atoms with Gasteiger partial charge < -0.3 is 9.64 Å². The number of piperidine rings is 1. The number of ether oxygens (including phenoxy) is 1. The lowest BCUT2D eigenvalue weighted by molar-refractivity contribution is -0.135. The van der Waals surface area contributed by atoms with Crippen LogP contribution in [0.15, 0.2) is 29.2 Å². The Bertz CT molecular complexity index is 806. The molecule has 146 valence electrons. The lowest BCUT2D eigenvalue weighted by Crippen LogP contribution is -2.40. The van der Waals surface area contributed by atoms with Gasteiger partial charge in [0, 0.05) is 26.1 Å². The van der Waals surface area contributed by atoms with Gasteiger partial charge in [-0.2, -0.15) is 5.26 Å². The second-order valence-electron chi connectivity index (χ2n) is 6.47. The van der Waals surface area contributed by atoms with Crippen LogP contribution in [0.1, 0.15) is 36.5 Å². The lowest BCUT2D eigenvalue weighted by Gasteiger charge is -2.30. The zero-order chi connectivity index (χ0) is 19.9. The number of benzene rings is 1. The maximum Gasteiger partial charge on any atom is 0.338 e. The fraction of sp³-hybridized carbons (Fsp3) is 0.500. The first-order valence-corrected chi connectivity index (χ1v) is 10.2. The van der Waals surface area contributed by atoms with Crippen LogP contribution in [0.5, 0.6) is 0 Å². The number of nitriles is 1. The molecule has 1 N–H and O–H groups in total. The third-order valence-corrected chi connectivity index (χ3v) is 5.87. The molecule has 1 saturated heterocycles. The van der Waals surface area contributed by atoms with Crippen LogP contribution in [0, 0.1) is 17.2 Å². The van der Waals surface area contributed by atoms with Crippen molar-refractivity contribution in [1.82, 2.24) is 9.62 Å². The Balaban J connectivity index is 1.88. The first-order chi connectivity index (χ1) is 12.8. The number of sulfonamides is 1. The Labute approximate surface area is 159 Å². The third kappa shape index (κ3) is 6.05. The first-order valence-electron chi connectivity index (χ1n) is 8.75. The van der Waals surface area contributed by atoms with Crippen LogP contribution in [0.4, 0.5) is 0 Å². The average molecular weight is 393 g/mol. The summed E-state index contributed by atoms with van der Waals surface area (Å²) in [6.07, 6.45) is 1.95. The van der Waals surface area contributed by atoms with E-state index in [1.807, 2.05) is 6.07 Å². The molecule has 1 aliphatic heterocycles. The largest absolute Gasteiger partial charge is 0.452 e. The molecule has 1 amide bonds. The van der Waals surface area contributed by atoms with Gasteiger partial charge in [0.15, 0.2) is 6.61 Å². The molecule has 1 fully saturated rings. The summed E-state index contributed by atoms with van der Waals surface area (Å²) in [4.78, 5) is 25.8. The molecule has 8 nitrogen and oxygen atoms in total. The number of hydrogen-bond donors (Lipinski definition) is 1. The molecule has 1 aromatic carbocycles. The third-order valence-electron chi connectivity index (χ3n) is 4.39. The summed E-state index contributed by atoms with van der Waals surface area (Å²) in [6, 6.07) is 7.05. The summed E-state index contributed by atoms with van der Waals surface area (Å²) in [6.45, 7) is 3.17. The van der Waals surface area contributed by atoms with Crippen LogP contribution in [-0.4, -0.2) is 51.4 Å². The fourth-order valence-electron chi connectivity index (χ4n) is 2.65. The standard InChI is InChI=1S/C18H23N3O5S/c1-14-7-11-21(12-8-14)17(22)13-26-18(23)15-3-5-16(6-4-15)27(24,25)20-10-2-9-19/h3-6,14,20H,2,7-8,10-13H2,1H3. The zero-order valence-electron chi connectivity index (χ0n) is 15.2. The summed E-state index contributed by atoms with van der Waals surface area (Å²) >= 11 is 0. The van der Waals surface area contributed by atoms with E-state index in [4.69, 9.17) is 10.00 Å². The highest BCUT2D eigenvalue weighted by Crippen LogP contribution is 2.16. The molecule has 0 radical (unpaired) electrons. The maximum absolute atomic E-state index is 12.1. The Hall–Kier alpha value is -2.44. The van der Waals surface area contributed by atoms with E-state index in [1.165, 1.54) is 24.3 Å². The Kier molecular flexibility index (Phi) is 7.33. The number of hydrogen-bond acceptors (Lipinski definition) is 6. The molecule has 0 unspecified atom stereocenters. The van der Waals surface area contributed by atoms with Crippen molar-refractivity contribution in [3.8, 4) is 6.07 Å². The topological polar surface area (TPSA) is 117 Å². The molecular weight excluding hydrogens is 370 g/mol. The highest BCUT2D eigenvalue weighted by Gasteiger charge is 2.21. The molecule has 0 aliphatic carbocycles. The molecule has 0 atom stereocenters. The van der Waals surface area contributed by atoms with Crippen LogP contribution < -0.4 is 4.72 Å². The number of carbonyl (C=O) groups is 2. The van der Waals surface area contributed by atoms with Gasteiger partial charge in [0.1, 0.15) is 0 Å². The molecule has 0 saturated carbocycles. The van der Waals surface area contributed by atoms with E-state index in [2.05, 4.69) is 11.6 Å². The van der Waals surface area contributed by atoms with Gasteiger partial charge >= 0.3 is 5.97 Å². The molecule has 1 aromatic rings. The van der Waals surface area contributed by atoms with Crippen molar-refractivity contribution in [2.24, 2.45) is 5.92 Å².